The molecule has 2 aromatic heterocycles. The first kappa shape index (κ1) is 12.3. The van der Waals surface area contributed by atoms with Crippen LogP contribution in [0.1, 0.15) is 38.5 Å². The predicted octanol–water partition coefficient (Wildman–Crippen LogP) is 5.07. The number of rotatable bonds is 2. The van der Waals surface area contributed by atoms with Gasteiger partial charge in [0.2, 0.25) is 5.78 Å². The van der Waals surface area contributed by atoms with Crippen LogP contribution in [0.5, 0.6) is 0 Å². The second-order valence-corrected chi connectivity index (χ2v) is 7.29. The summed E-state index contributed by atoms with van der Waals surface area (Å²) >= 11 is 3.36. The van der Waals surface area contributed by atoms with Gasteiger partial charge in [0.15, 0.2) is 0 Å². The third-order valence-electron chi connectivity index (χ3n) is 3.94. The molecule has 1 aliphatic rings. The van der Waals surface area contributed by atoms with E-state index in [1.54, 1.807) is 22.7 Å². The van der Waals surface area contributed by atoms with Gasteiger partial charge in [0, 0.05) is 15.1 Å². The molecule has 0 radical (unpaired) electrons. The molecular formula is C17H14OS2. The highest BCUT2D eigenvalue weighted by atomic mass is 32.1. The topological polar surface area (TPSA) is 17.1 Å². The summed E-state index contributed by atoms with van der Waals surface area (Å²) in [6, 6.07) is 10.2. The Hall–Kier alpha value is -1.45. The van der Waals surface area contributed by atoms with E-state index in [0.29, 0.717) is 0 Å². The van der Waals surface area contributed by atoms with Crippen LogP contribution >= 0.6 is 22.7 Å². The molecule has 4 rings (SSSR count). The van der Waals surface area contributed by atoms with E-state index in [2.05, 4.69) is 23.6 Å². The van der Waals surface area contributed by atoms with Gasteiger partial charge in [-0.3, -0.25) is 4.79 Å². The number of fused-ring (bicyclic) bond motifs is 2. The summed E-state index contributed by atoms with van der Waals surface area (Å²) in [5, 5.41) is 3.23. The fourth-order valence-electron chi connectivity index (χ4n) is 2.91. The minimum atomic E-state index is 0.192. The van der Waals surface area contributed by atoms with E-state index in [4.69, 9.17) is 0 Å². The zero-order valence-electron chi connectivity index (χ0n) is 11.0. The largest absolute Gasteiger partial charge is 0.288 e. The maximum atomic E-state index is 12.8. The summed E-state index contributed by atoms with van der Waals surface area (Å²) in [5.41, 5.74) is 2.26. The van der Waals surface area contributed by atoms with Crippen LogP contribution < -0.4 is 0 Å². The average molecular weight is 298 g/mol. The summed E-state index contributed by atoms with van der Waals surface area (Å²) in [5.74, 6) is 0.192. The van der Waals surface area contributed by atoms with Gasteiger partial charge in [-0.15, -0.1) is 22.7 Å². The number of hydrogen-bond acceptors (Lipinski definition) is 3. The first-order valence-electron chi connectivity index (χ1n) is 6.95. The minimum Gasteiger partial charge on any atom is -0.288 e. The van der Waals surface area contributed by atoms with Crippen LogP contribution in [0.15, 0.2) is 35.7 Å². The van der Waals surface area contributed by atoms with Crippen LogP contribution in [0.25, 0.3) is 10.1 Å². The fraction of sp³-hybridized carbons (Fsp3) is 0.235. The normalized spacial score (nSPS) is 14.4. The number of carbonyl (C=O) groups excluding carboxylic acids is 1. The summed E-state index contributed by atoms with van der Waals surface area (Å²) in [4.78, 5) is 15.1. The van der Waals surface area contributed by atoms with Crippen molar-refractivity contribution in [1.29, 1.82) is 0 Å². The molecule has 0 spiro atoms. The zero-order chi connectivity index (χ0) is 13.5. The monoisotopic (exact) mass is 298 g/mol. The Morgan fingerprint density at radius 3 is 2.90 bits per heavy atom. The molecule has 0 atom stereocenters. The summed E-state index contributed by atoms with van der Waals surface area (Å²) < 4.78 is 1.11. The lowest BCUT2D eigenvalue weighted by Crippen LogP contribution is -1.98. The van der Waals surface area contributed by atoms with Gasteiger partial charge in [-0.2, -0.15) is 0 Å². The highest BCUT2D eigenvalue weighted by molar-refractivity contribution is 7.18. The van der Waals surface area contributed by atoms with Crippen molar-refractivity contribution in [3.63, 3.8) is 0 Å². The second-order valence-electron chi connectivity index (χ2n) is 5.24. The Kier molecular flexibility index (Phi) is 2.97. The second kappa shape index (κ2) is 4.83. The molecule has 20 heavy (non-hydrogen) atoms. The Labute approximate surface area is 125 Å². The molecule has 1 nitrogen and oxygen atoms in total. The maximum Gasteiger partial charge on any atom is 0.204 e. The predicted molar refractivity (Wildman–Crippen MR) is 86.2 cm³/mol. The van der Waals surface area contributed by atoms with Crippen molar-refractivity contribution >= 4 is 38.5 Å². The van der Waals surface area contributed by atoms with Crippen LogP contribution in [-0.4, -0.2) is 5.78 Å². The van der Waals surface area contributed by atoms with Crippen molar-refractivity contribution < 1.29 is 4.79 Å². The molecule has 0 unspecified atom stereocenters. The third kappa shape index (κ3) is 1.93. The summed E-state index contributed by atoms with van der Waals surface area (Å²) in [7, 11) is 0. The van der Waals surface area contributed by atoms with Crippen molar-refractivity contribution in [2.45, 2.75) is 25.7 Å². The van der Waals surface area contributed by atoms with E-state index in [-0.39, 0.29) is 5.78 Å². The fourth-order valence-corrected chi connectivity index (χ4v) is 5.03. The number of benzene rings is 1. The zero-order valence-corrected chi connectivity index (χ0v) is 12.7. The molecule has 3 heteroatoms. The number of carbonyl (C=O) groups is 1. The van der Waals surface area contributed by atoms with Gasteiger partial charge in [-0.1, -0.05) is 12.1 Å². The van der Waals surface area contributed by atoms with Gasteiger partial charge >= 0.3 is 0 Å². The highest BCUT2D eigenvalue weighted by Crippen LogP contribution is 2.33. The van der Waals surface area contributed by atoms with E-state index < -0.39 is 0 Å². The summed E-state index contributed by atoms with van der Waals surface area (Å²) in [6.07, 6.45) is 4.82. The Morgan fingerprint density at radius 1 is 1.10 bits per heavy atom. The van der Waals surface area contributed by atoms with Crippen molar-refractivity contribution in [1.82, 2.24) is 0 Å². The van der Waals surface area contributed by atoms with Crippen molar-refractivity contribution in [2.24, 2.45) is 0 Å². The van der Waals surface area contributed by atoms with Crippen LogP contribution in [0.3, 0.4) is 0 Å². The van der Waals surface area contributed by atoms with E-state index in [1.165, 1.54) is 28.7 Å². The van der Waals surface area contributed by atoms with E-state index in [1.807, 2.05) is 12.1 Å². The maximum absolute atomic E-state index is 12.8. The Balaban J connectivity index is 1.80. The molecular weight excluding hydrogens is 284 g/mol. The molecule has 0 N–H and O–H groups in total. The lowest BCUT2D eigenvalue weighted by molar-refractivity contribution is 0.104. The van der Waals surface area contributed by atoms with Gasteiger partial charge in [-0.25, -0.2) is 0 Å². The van der Waals surface area contributed by atoms with Gasteiger partial charge in [-0.05, 0) is 60.2 Å². The highest BCUT2D eigenvalue weighted by Gasteiger charge is 2.19. The Bertz CT molecular complexity index is 771. The molecule has 0 fully saturated rings. The smallest absolute Gasteiger partial charge is 0.204 e. The van der Waals surface area contributed by atoms with Gasteiger partial charge in [0.05, 0.1) is 4.88 Å². The molecule has 2 heterocycles. The third-order valence-corrected chi connectivity index (χ3v) is 6.14. The van der Waals surface area contributed by atoms with E-state index >= 15 is 0 Å². The molecule has 1 aromatic carbocycles. The van der Waals surface area contributed by atoms with Crippen LogP contribution in [0.4, 0.5) is 0 Å². The number of thiophene rings is 2. The Morgan fingerprint density at radius 2 is 2.00 bits per heavy atom. The first-order valence-corrected chi connectivity index (χ1v) is 8.65. The van der Waals surface area contributed by atoms with Crippen molar-refractivity contribution in [3.8, 4) is 0 Å². The molecule has 3 aromatic rings. The molecule has 0 aliphatic heterocycles. The lowest BCUT2D eigenvalue weighted by Gasteiger charge is -2.08. The standard InChI is InChI=1S/C17H14OS2/c18-16(13-6-3-5-11-8-9-19-17(11)13)15-10-12-4-1-2-7-14(12)20-15/h3,5-6,8-10H,1-2,4,7H2. The molecule has 0 saturated heterocycles. The summed E-state index contributed by atoms with van der Waals surface area (Å²) in [6.45, 7) is 0. The molecule has 100 valence electrons. The van der Waals surface area contributed by atoms with Crippen LogP contribution in [0.2, 0.25) is 0 Å². The average Bonchev–Trinajstić information content (AvgIpc) is 3.12. The molecule has 0 amide bonds. The molecule has 1 aliphatic carbocycles. The molecule has 0 saturated carbocycles. The minimum absolute atomic E-state index is 0.192. The number of aryl methyl sites for hydroxylation is 2. The van der Waals surface area contributed by atoms with Gasteiger partial charge < -0.3 is 0 Å². The van der Waals surface area contributed by atoms with E-state index in [0.717, 1.165) is 28.0 Å². The molecule has 0 bridgehead atoms. The van der Waals surface area contributed by atoms with Crippen molar-refractivity contribution in [2.75, 3.05) is 0 Å². The van der Waals surface area contributed by atoms with E-state index in [9.17, 15) is 4.79 Å². The van der Waals surface area contributed by atoms with Crippen LogP contribution in [-0.2, 0) is 12.8 Å². The van der Waals surface area contributed by atoms with Crippen molar-refractivity contribution in [3.05, 3.63) is 56.6 Å². The lowest BCUT2D eigenvalue weighted by atomic mass is 9.98. The number of hydrogen-bond donors (Lipinski definition) is 0. The quantitative estimate of drug-likeness (QED) is 0.603. The van der Waals surface area contributed by atoms with Crippen LogP contribution in [0, 0.1) is 0 Å². The SMILES string of the molecule is O=C(c1cc2c(s1)CCCC2)c1cccc2ccsc12. The number of ketones is 1. The van der Waals surface area contributed by atoms with Gasteiger partial charge in [0.25, 0.3) is 0 Å². The first-order chi connectivity index (χ1) is 9.83. The van der Waals surface area contributed by atoms with Gasteiger partial charge in [0.1, 0.15) is 0 Å².